The lowest BCUT2D eigenvalue weighted by Gasteiger charge is -2.37. The maximum absolute atomic E-state index is 11.2. The Labute approximate surface area is 154 Å². The Bertz CT molecular complexity index is 682. The molecule has 1 N–H and O–H groups in total. The van der Waals surface area contributed by atoms with Gasteiger partial charge in [0, 0.05) is 38.7 Å². The van der Waals surface area contributed by atoms with Gasteiger partial charge in [-0.3, -0.25) is 19.8 Å². The summed E-state index contributed by atoms with van der Waals surface area (Å²) in [4.78, 5) is 28.5. The van der Waals surface area contributed by atoms with Crippen molar-refractivity contribution in [1.82, 2.24) is 9.88 Å². The number of nitrogens with one attached hydrogen (secondary N) is 1. The number of pyridine rings is 1. The lowest BCUT2D eigenvalue weighted by Crippen LogP contribution is -2.47. The average Bonchev–Trinajstić information content (AvgIpc) is 2.50. The molecule has 1 aliphatic rings. The summed E-state index contributed by atoms with van der Waals surface area (Å²) >= 11 is 0. The second-order valence-corrected chi connectivity index (χ2v) is 7.56. The lowest BCUT2D eigenvalue weighted by molar-refractivity contribution is -0.385. The first-order chi connectivity index (χ1) is 12.1. The minimum Gasteiger partial charge on any atom is -0.458 e. The topological polar surface area (TPSA) is 97.6 Å². The minimum atomic E-state index is -0.500. The normalized spacial score (nSPS) is 16.3. The molecule has 0 bridgehead atoms. The average molecular weight is 364 g/mol. The number of nitro groups is 1. The number of esters is 1. The first kappa shape index (κ1) is 20.1. The summed E-state index contributed by atoms with van der Waals surface area (Å²) in [5.41, 5.74) is 0.750. The molecule has 1 aromatic rings. The van der Waals surface area contributed by atoms with Crippen LogP contribution in [0.25, 0.3) is 0 Å². The molecule has 0 saturated carbocycles. The van der Waals surface area contributed by atoms with Crippen LogP contribution in [0.3, 0.4) is 0 Å². The van der Waals surface area contributed by atoms with Gasteiger partial charge in [-0.2, -0.15) is 0 Å². The fourth-order valence-corrected chi connectivity index (χ4v) is 3.41. The molecule has 1 aliphatic heterocycles. The van der Waals surface area contributed by atoms with Gasteiger partial charge in [0.2, 0.25) is 0 Å². The fraction of sp³-hybridized carbons (Fsp3) is 0.667. The van der Waals surface area contributed by atoms with Crippen LogP contribution in [0.5, 0.6) is 0 Å². The molecule has 0 aromatic carbocycles. The molecule has 1 saturated heterocycles. The number of aryl methyl sites for hydroxylation is 2. The second kappa shape index (κ2) is 7.99. The molecule has 26 heavy (non-hydrogen) atoms. The van der Waals surface area contributed by atoms with E-state index in [-0.39, 0.29) is 17.7 Å². The van der Waals surface area contributed by atoms with Crippen molar-refractivity contribution in [2.24, 2.45) is 0 Å². The molecule has 0 aliphatic carbocycles. The number of ether oxygens (including phenoxy) is 1. The molecule has 1 fully saturated rings. The molecule has 8 nitrogen and oxygen atoms in total. The number of nitrogens with zero attached hydrogens (tertiary/aromatic N) is 3. The van der Waals surface area contributed by atoms with E-state index in [0.29, 0.717) is 18.1 Å². The number of carbonyl (C=O) groups is 1. The Morgan fingerprint density at radius 2 is 2.04 bits per heavy atom. The van der Waals surface area contributed by atoms with Crippen LogP contribution in [0.4, 0.5) is 11.5 Å². The molecule has 2 heterocycles. The van der Waals surface area contributed by atoms with Crippen LogP contribution in [-0.2, 0) is 9.53 Å². The van der Waals surface area contributed by atoms with Crippen LogP contribution in [0, 0.1) is 24.0 Å². The molecule has 1 aromatic heterocycles. The molecule has 0 amide bonds. The predicted molar refractivity (Wildman–Crippen MR) is 99.3 cm³/mol. The lowest BCUT2D eigenvalue weighted by atomic mass is 10.0. The van der Waals surface area contributed by atoms with E-state index >= 15 is 0 Å². The van der Waals surface area contributed by atoms with Crippen LogP contribution in [0.1, 0.15) is 44.9 Å². The molecule has 0 spiro atoms. The van der Waals surface area contributed by atoms with E-state index in [0.717, 1.165) is 31.5 Å². The number of hydrogen-bond donors (Lipinski definition) is 1. The molecule has 0 atom stereocenters. The van der Waals surface area contributed by atoms with E-state index in [1.54, 1.807) is 13.0 Å². The summed E-state index contributed by atoms with van der Waals surface area (Å²) < 4.78 is 5.36. The van der Waals surface area contributed by atoms with Crippen molar-refractivity contribution in [1.29, 1.82) is 0 Å². The third-order valence-electron chi connectivity index (χ3n) is 4.53. The number of anilines is 1. The summed E-state index contributed by atoms with van der Waals surface area (Å²) in [6.45, 7) is 11.3. The van der Waals surface area contributed by atoms with Gasteiger partial charge in [-0.1, -0.05) is 0 Å². The van der Waals surface area contributed by atoms with E-state index in [9.17, 15) is 14.9 Å². The van der Waals surface area contributed by atoms with Crippen molar-refractivity contribution in [2.75, 3.05) is 25.0 Å². The predicted octanol–water partition coefficient (Wildman–Crippen LogP) is 2.82. The van der Waals surface area contributed by atoms with Gasteiger partial charge in [-0.25, -0.2) is 4.98 Å². The van der Waals surface area contributed by atoms with Crippen LogP contribution in [-0.4, -0.2) is 52.1 Å². The van der Waals surface area contributed by atoms with Crippen molar-refractivity contribution in [3.05, 3.63) is 27.4 Å². The van der Waals surface area contributed by atoms with Gasteiger partial charge in [0.05, 0.1) is 4.92 Å². The summed E-state index contributed by atoms with van der Waals surface area (Å²) in [6.07, 6.45) is 1.88. The number of hydrogen-bond acceptors (Lipinski definition) is 7. The van der Waals surface area contributed by atoms with E-state index in [2.05, 4.69) is 15.2 Å². The molecule has 8 heteroatoms. The van der Waals surface area contributed by atoms with Gasteiger partial charge in [-0.05, 0) is 46.1 Å². The Kier molecular flexibility index (Phi) is 6.17. The Morgan fingerprint density at radius 3 is 2.58 bits per heavy atom. The fourth-order valence-electron chi connectivity index (χ4n) is 3.41. The van der Waals surface area contributed by atoms with E-state index in [4.69, 9.17) is 4.74 Å². The van der Waals surface area contributed by atoms with Crippen LogP contribution in [0.2, 0.25) is 0 Å². The first-order valence-corrected chi connectivity index (χ1v) is 8.88. The first-order valence-electron chi connectivity index (χ1n) is 8.88. The highest BCUT2D eigenvalue weighted by Gasteiger charge is 2.28. The number of rotatable bonds is 6. The van der Waals surface area contributed by atoms with E-state index in [1.165, 1.54) is 6.92 Å². The Morgan fingerprint density at radius 1 is 1.42 bits per heavy atom. The van der Waals surface area contributed by atoms with E-state index < -0.39 is 10.5 Å². The Hall–Kier alpha value is -2.22. The van der Waals surface area contributed by atoms with Gasteiger partial charge in [0.15, 0.2) is 0 Å². The highest BCUT2D eigenvalue weighted by atomic mass is 16.6. The quantitative estimate of drug-likeness (QED) is 0.471. The standard InChI is InChI=1S/C18H28N4O4/c1-12-10-16(22(24)25)13(2)19-17(12)20-15-6-8-21(9-7-15)11-18(4,5)26-14(3)23/h10,15H,6-9,11H2,1-5H3,(H,19,20). The number of carbonyl (C=O) groups excluding carboxylic acids is 1. The summed E-state index contributed by atoms with van der Waals surface area (Å²) in [7, 11) is 0. The highest BCUT2D eigenvalue weighted by Crippen LogP contribution is 2.25. The zero-order valence-corrected chi connectivity index (χ0v) is 16.2. The molecular weight excluding hydrogens is 336 g/mol. The van der Waals surface area contributed by atoms with Crippen molar-refractivity contribution >= 4 is 17.5 Å². The van der Waals surface area contributed by atoms with Gasteiger partial charge in [-0.15, -0.1) is 0 Å². The third-order valence-corrected chi connectivity index (χ3v) is 4.53. The summed E-state index contributed by atoms with van der Waals surface area (Å²) in [5.74, 6) is 0.452. The van der Waals surface area contributed by atoms with Crippen LogP contribution < -0.4 is 5.32 Å². The van der Waals surface area contributed by atoms with Gasteiger partial charge < -0.3 is 10.1 Å². The van der Waals surface area contributed by atoms with Crippen molar-refractivity contribution in [2.45, 2.75) is 59.1 Å². The smallest absolute Gasteiger partial charge is 0.303 e. The third kappa shape index (κ3) is 5.39. The number of aromatic nitrogens is 1. The molecule has 2 rings (SSSR count). The zero-order valence-electron chi connectivity index (χ0n) is 16.2. The number of likely N-dealkylation sites (tertiary alicyclic amines) is 1. The maximum atomic E-state index is 11.2. The molecular formula is C18H28N4O4. The Balaban J connectivity index is 1.92. The number of piperidine rings is 1. The van der Waals surface area contributed by atoms with Crippen molar-refractivity contribution < 1.29 is 14.5 Å². The summed E-state index contributed by atoms with van der Waals surface area (Å²) in [5, 5.41) is 14.4. The molecule has 0 radical (unpaired) electrons. The highest BCUT2D eigenvalue weighted by molar-refractivity contribution is 5.66. The van der Waals surface area contributed by atoms with Gasteiger partial charge in [0.1, 0.15) is 17.1 Å². The maximum Gasteiger partial charge on any atom is 0.303 e. The van der Waals surface area contributed by atoms with Crippen molar-refractivity contribution in [3.63, 3.8) is 0 Å². The second-order valence-electron chi connectivity index (χ2n) is 7.56. The van der Waals surface area contributed by atoms with E-state index in [1.807, 2.05) is 20.8 Å². The van der Waals surface area contributed by atoms with Crippen LogP contribution in [0.15, 0.2) is 6.07 Å². The monoisotopic (exact) mass is 364 g/mol. The summed E-state index contributed by atoms with van der Waals surface area (Å²) in [6, 6.07) is 1.84. The van der Waals surface area contributed by atoms with Gasteiger partial charge >= 0.3 is 5.97 Å². The molecule has 144 valence electrons. The largest absolute Gasteiger partial charge is 0.458 e. The zero-order chi connectivity index (χ0) is 19.5. The molecule has 0 unspecified atom stereocenters. The van der Waals surface area contributed by atoms with Crippen molar-refractivity contribution in [3.8, 4) is 0 Å². The SMILES string of the molecule is CC(=O)OC(C)(C)CN1CCC(Nc2nc(C)c([N+](=O)[O-])cc2C)CC1. The van der Waals surface area contributed by atoms with Crippen LogP contribution >= 0.6 is 0 Å². The minimum absolute atomic E-state index is 0.0515. The van der Waals surface area contributed by atoms with Gasteiger partial charge in [0.25, 0.3) is 5.69 Å².